The van der Waals surface area contributed by atoms with Gasteiger partial charge in [0.2, 0.25) is 0 Å². The number of hydrogen-bond donors (Lipinski definition) is 0. The van der Waals surface area contributed by atoms with Crippen LogP contribution in [0.3, 0.4) is 0 Å². The SMILES string of the molecule is COc1cc(C)c(CN(C)C(=O)c2ccccc2SC(C)C)cc1OC. The number of aryl methyl sites for hydroxylation is 1. The first-order valence-corrected chi connectivity index (χ1v) is 9.48. The molecule has 0 fully saturated rings. The number of carbonyl (C=O) groups excluding carboxylic acids is 1. The van der Waals surface area contributed by atoms with Crippen molar-refractivity contribution in [2.75, 3.05) is 21.3 Å². The summed E-state index contributed by atoms with van der Waals surface area (Å²) in [6.45, 7) is 6.77. The van der Waals surface area contributed by atoms with Crippen LogP contribution in [0.4, 0.5) is 0 Å². The van der Waals surface area contributed by atoms with Crippen LogP contribution in [-0.4, -0.2) is 37.3 Å². The van der Waals surface area contributed by atoms with Gasteiger partial charge in [0.15, 0.2) is 11.5 Å². The summed E-state index contributed by atoms with van der Waals surface area (Å²) in [6, 6.07) is 11.7. The molecular weight excluding hydrogens is 346 g/mol. The third-order valence-electron chi connectivity index (χ3n) is 4.08. The van der Waals surface area contributed by atoms with E-state index in [1.165, 1.54) is 0 Å². The van der Waals surface area contributed by atoms with Crippen LogP contribution in [0, 0.1) is 6.92 Å². The van der Waals surface area contributed by atoms with Crippen molar-refractivity contribution in [2.24, 2.45) is 0 Å². The monoisotopic (exact) mass is 373 g/mol. The van der Waals surface area contributed by atoms with E-state index in [1.807, 2.05) is 50.4 Å². The molecule has 0 radical (unpaired) electrons. The molecule has 2 aromatic rings. The van der Waals surface area contributed by atoms with E-state index in [4.69, 9.17) is 9.47 Å². The minimum absolute atomic E-state index is 0.0166. The normalized spacial score (nSPS) is 10.7. The highest BCUT2D eigenvalue weighted by Crippen LogP contribution is 2.31. The Labute approximate surface area is 160 Å². The highest BCUT2D eigenvalue weighted by molar-refractivity contribution is 8.00. The quantitative estimate of drug-likeness (QED) is 0.655. The number of thioether (sulfide) groups is 1. The number of ether oxygens (including phenoxy) is 2. The van der Waals surface area contributed by atoms with Crippen molar-refractivity contribution in [3.05, 3.63) is 53.1 Å². The van der Waals surface area contributed by atoms with Gasteiger partial charge in [-0.05, 0) is 42.3 Å². The Hall–Kier alpha value is -2.14. The van der Waals surface area contributed by atoms with E-state index < -0.39 is 0 Å². The molecule has 4 nitrogen and oxygen atoms in total. The van der Waals surface area contributed by atoms with Gasteiger partial charge in [-0.25, -0.2) is 0 Å². The van der Waals surface area contributed by atoms with Crippen LogP contribution in [0.25, 0.3) is 0 Å². The van der Waals surface area contributed by atoms with Gasteiger partial charge in [0.25, 0.3) is 5.91 Å². The summed E-state index contributed by atoms with van der Waals surface area (Å²) in [5.41, 5.74) is 2.84. The lowest BCUT2D eigenvalue weighted by atomic mass is 10.1. The van der Waals surface area contributed by atoms with Crippen LogP contribution < -0.4 is 9.47 Å². The van der Waals surface area contributed by atoms with E-state index in [-0.39, 0.29) is 5.91 Å². The molecule has 2 rings (SSSR count). The molecule has 0 N–H and O–H groups in total. The average molecular weight is 374 g/mol. The molecule has 0 aliphatic carbocycles. The Bertz CT molecular complexity index is 774. The molecule has 0 aliphatic heterocycles. The van der Waals surface area contributed by atoms with Crippen LogP contribution in [-0.2, 0) is 6.54 Å². The summed E-state index contributed by atoms with van der Waals surface area (Å²) in [6.07, 6.45) is 0. The summed E-state index contributed by atoms with van der Waals surface area (Å²) in [5.74, 6) is 1.38. The molecule has 0 aliphatic rings. The Morgan fingerprint density at radius 3 is 2.35 bits per heavy atom. The fourth-order valence-electron chi connectivity index (χ4n) is 2.73. The zero-order valence-electron chi connectivity index (χ0n) is 16.3. The minimum atomic E-state index is 0.0166. The van der Waals surface area contributed by atoms with Gasteiger partial charge in [-0.1, -0.05) is 26.0 Å². The van der Waals surface area contributed by atoms with E-state index in [0.29, 0.717) is 23.3 Å². The zero-order chi connectivity index (χ0) is 19.3. The number of benzene rings is 2. The number of methoxy groups -OCH3 is 2. The maximum Gasteiger partial charge on any atom is 0.255 e. The molecule has 0 aromatic heterocycles. The molecule has 0 unspecified atom stereocenters. The second kappa shape index (κ2) is 8.99. The van der Waals surface area contributed by atoms with Crippen LogP contribution in [0.2, 0.25) is 0 Å². The van der Waals surface area contributed by atoms with E-state index in [1.54, 1.807) is 30.9 Å². The summed E-state index contributed by atoms with van der Waals surface area (Å²) >= 11 is 1.71. The predicted octanol–water partition coefficient (Wildman–Crippen LogP) is 4.78. The van der Waals surface area contributed by atoms with Crippen molar-refractivity contribution in [2.45, 2.75) is 37.5 Å². The molecular formula is C21H27NO3S. The molecule has 0 heterocycles. The van der Waals surface area contributed by atoms with Gasteiger partial charge in [0, 0.05) is 23.7 Å². The third-order valence-corrected chi connectivity index (χ3v) is 5.16. The van der Waals surface area contributed by atoms with Crippen molar-refractivity contribution in [1.82, 2.24) is 4.90 Å². The summed E-state index contributed by atoms with van der Waals surface area (Å²) in [7, 11) is 5.07. The molecule has 5 heteroatoms. The van der Waals surface area contributed by atoms with Gasteiger partial charge in [0.05, 0.1) is 19.8 Å². The first-order chi connectivity index (χ1) is 12.4. The summed E-state index contributed by atoms with van der Waals surface area (Å²) < 4.78 is 10.7. The van der Waals surface area contributed by atoms with Gasteiger partial charge in [-0.2, -0.15) is 0 Å². The Morgan fingerprint density at radius 1 is 1.12 bits per heavy atom. The third kappa shape index (κ3) is 4.73. The number of rotatable bonds is 7. The first kappa shape index (κ1) is 20.2. The summed E-state index contributed by atoms with van der Waals surface area (Å²) in [5, 5.41) is 0.419. The van der Waals surface area contributed by atoms with Crippen LogP contribution in [0.1, 0.15) is 35.3 Å². The molecule has 0 saturated heterocycles. The maximum atomic E-state index is 13.0. The van der Waals surface area contributed by atoms with Crippen molar-refractivity contribution in [3.63, 3.8) is 0 Å². The van der Waals surface area contributed by atoms with E-state index in [2.05, 4.69) is 13.8 Å². The van der Waals surface area contributed by atoms with Crippen molar-refractivity contribution >= 4 is 17.7 Å². The Morgan fingerprint density at radius 2 is 1.73 bits per heavy atom. The van der Waals surface area contributed by atoms with Gasteiger partial charge in [-0.15, -0.1) is 11.8 Å². The van der Waals surface area contributed by atoms with Crippen molar-refractivity contribution in [1.29, 1.82) is 0 Å². The zero-order valence-corrected chi connectivity index (χ0v) is 17.1. The van der Waals surface area contributed by atoms with Crippen LogP contribution >= 0.6 is 11.8 Å². The minimum Gasteiger partial charge on any atom is -0.493 e. The number of carbonyl (C=O) groups is 1. The van der Waals surface area contributed by atoms with Crippen LogP contribution in [0.15, 0.2) is 41.3 Å². The van der Waals surface area contributed by atoms with Crippen molar-refractivity contribution < 1.29 is 14.3 Å². The Kier molecular flexibility index (Phi) is 6.98. The molecule has 0 bridgehead atoms. The lowest BCUT2D eigenvalue weighted by Crippen LogP contribution is -2.27. The lowest BCUT2D eigenvalue weighted by molar-refractivity contribution is 0.0781. The highest BCUT2D eigenvalue weighted by Gasteiger charge is 2.18. The lowest BCUT2D eigenvalue weighted by Gasteiger charge is -2.21. The Balaban J connectivity index is 2.25. The highest BCUT2D eigenvalue weighted by atomic mass is 32.2. The van der Waals surface area contributed by atoms with Gasteiger partial charge < -0.3 is 14.4 Å². The van der Waals surface area contributed by atoms with E-state index in [9.17, 15) is 4.79 Å². The molecule has 0 atom stereocenters. The predicted molar refractivity (Wildman–Crippen MR) is 108 cm³/mol. The topological polar surface area (TPSA) is 38.8 Å². The molecule has 2 aromatic carbocycles. The smallest absolute Gasteiger partial charge is 0.255 e. The van der Waals surface area contributed by atoms with Gasteiger partial charge in [0.1, 0.15) is 0 Å². The molecule has 1 amide bonds. The van der Waals surface area contributed by atoms with Crippen LogP contribution in [0.5, 0.6) is 11.5 Å². The second-order valence-electron chi connectivity index (χ2n) is 6.46. The molecule has 0 spiro atoms. The standard InChI is InChI=1S/C21H27NO3S/c1-14(2)26-20-10-8-7-9-17(20)21(23)22(4)13-16-12-19(25-6)18(24-5)11-15(16)3/h7-12,14H,13H2,1-6H3. The average Bonchev–Trinajstić information content (AvgIpc) is 2.62. The largest absolute Gasteiger partial charge is 0.493 e. The number of nitrogens with zero attached hydrogens (tertiary/aromatic N) is 1. The number of amides is 1. The molecule has 0 saturated carbocycles. The van der Waals surface area contributed by atoms with E-state index >= 15 is 0 Å². The molecule has 140 valence electrons. The summed E-state index contributed by atoms with van der Waals surface area (Å²) in [4.78, 5) is 15.8. The molecule has 26 heavy (non-hydrogen) atoms. The fraction of sp³-hybridized carbons (Fsp3) is 0.381. The van der Waals surface area contributed by atoms with Gasteiger partial charge in [-0.3, -0.25) is 4.79 Å². The second-order valence-corrected chi connectivity index (χ2v) is 8.08. The first-order valence-electron chi connectivity index (χ1n) is 8.60. The maximum absolute atomic E-state index is 13.0. The van der Waals surface area contributed by atoms with Crippen molar-refractivity contribution in [3.8, 4) is 11.5 Å². The number of hydrogen-bond acceptors (Lipinski definition) is 4. The fourth-order valence-corrected chi connectivity index (χ4v) is 3.67. The van der Waals surface area contributed by atoms with E-state index in [0.717, 1.165) is 21.6 Å². The van der Waals surface area contributed by atoms with Gasteiger partial charge >= 0.3 is 0 Å².